The number of H-pyrrole nitrogens is 2. The van der Waals surface area contributed by atoms with E-state index in [1.807, 2.05) is 0 Å². The Kier molecular flexibility index (Phi) is 3.70. The van der Waals surface area contributed by atoms with Crippen molar-refractivity contribution in [3.8, 4) is 11.1 Å². The SMILES string of the molecule is Cc1c([S+](C)[O-])cnc2c(-c3ccc(F)c4[nH]ncc34)c(N)c(=O)[nH]c12. The molecule has 26 heavy (non-hydrogen) atoms. The molecule has 0 saturated carbocycles. The van der Waals surface area contributed by atoms with Gasteiger partial charge in [0.15, 0.2) is 4.90 Å². The van der Waals surface area contributed by atoms with E-state index in [1.54, 1.807) is 19.2 Å². The second-order valence-electron chi connectivity index (χ2n) is 5.92. The first-order chi connectivity index (χ1) is 12.4. The van der Waals surface area contributed by atoms with Crippen LogP contribution in [0.1, 0.15) is 5.56 Å². The molecule has 4 aromatic rings. The lowest BCUT2D eigenvalue weighted by molar-refractivity contribution is 0.600. The number of nitrogens with one attached hydrogen (secondary N) is 2. The topological polar surface area (TPSA) is 124 Å². The number of aromatic nitrogens is 4. The van der Waals surface area contributed by atoms with Crippen LogP contribution in [0.15, 0.2) is 34.2 Å². The van der Waals surface area contributed by atoms with Crippen LogP contribution in [-0.2, 0) is 11.2 Å². The maximum Gasteiger partial charge on any atom is 0.272 e. The van der Waals surface area contributed by atoms with Crippen LogP contribution in [0.4, 0.5) is 10.1 Å². The summed E-state index contributed by atoms with van der Waals surface area (Å²) in [6.07, 6.45) is 4.52. The minimum atomic E-state index is -1.26. The van der Waals surface area contributed by atoms with Crippen LogP contribution in [0.2, 0.25) is 0 Å². The van der Waals surface area contributed by atoms with Crippen LogP contribution in [0.5, 0.6) is 0 Å². The summed E-state index contributed by atoms with van der Waals surface area (Å²) in [5.41, 5.74) is 8.26. The molecule has 1 unspecified atom stereocenters. The standard InChI is InChI=1S/C17H14FN5O2S/c1-7-11(26(2)25)6-20-16-12(13(19)17(24)22-14(7)16)8-3-4-10(18)15-9(8)5-21-23-15/h3-6H,19H2,1-2H3,(H,21,23)(H,22,24). The number of halogens is 1. The smallest absolute Gasteiger partial charge is 0.272 e. The highest BCUT2D eigenvalue weighted by atomic mass is 32.2. The third-order valence-corrected chi connectivity index (χ3v) is 5.46. The monoisotopic (exact) mass is 371 g/mol. The van der Waals surface area contributed by atoms with Crippen LogP contribution >= 0.6 is 0 Å². The van der Waals surface area contributed by atoms with Crippen molar-refractivity contribution in [1.82, 2.24) is 20.2 Å². The van der Waals surface area contributed by atoms with Crippen molar-refractivity contribution in [1.29, 1.82) is 0 Å². The van der Waals surface area contributed by atoms with Gasteiger partial charge in [-0.15, -0.1) is 0 Å². The molecule has 132 valence electrons. The van der Waals surface area contributed by atoms with Gasteiger partial charge < -0.3 is 15.3 Å². The Morgan fingerprint density at radius 3 is 2.77 bits per heavy atom. The van der Waals surface area contributed by atoms with Gasteiger partial charge in [0.25, 0.3) is 5.56 Å². The van der Waals surface area contributed by atoms with Gasteiger partial charge in [-0.3, -0.25) is 9.89 Å². The zero-order chi connectivity index (χ0) is 18.6. The first-order valence-electron chi connectivity index (χ1n) is 7.66. The molecule has 7 nitrogen and oxygen atoms in total. The van der Waals surface area contributed by atoms with Crippen LogP contribution in [0.3, 0.4) is 0 Å². The summed E-state index contributed by atoms with van der Waals surface area (Å²) < 4.78 is 25.9. The summed E-state index contributed by atoms with van der Waals surface area (Å²) in [4.78, 5) is 20.0. The van der Waals surface area contributed by atoms with Gasteiger partial charge in [-0.2, -0.15) is 5.10 Å². The Labute approximate surface area is 149 Å². The van der Waals surface area contributed by atoms with Crippen molar-refractivity contribution in [2.75, 3.05) is 12.0 Å². The van der Waals surface area contributed by atoms with Crippen molar-refractivity contribution >= 4 is 38.8 Å². The largest absolute Gasteiger partial charge is 0.612 e. The van der Waals surface area contributed by atoms with Crippen LogP contribution < -0.4 is 11.3 Å². The molecule has 1 atom stereocenters. The molecule has 1 aromatic carbocycles. The molecule has 0 aliphatic carbocycles. The number of benzene rings is 1. The third-order valence-electron chi connectivity index (χ3n) is 4.43. The molecule has 4 N–H and O–H groups in total. The minimum Gasteiger partial charge on any atom is -0.612 e. The zero-order valence-electron chi connectivity index (χ0n) is 13.9. The summed E-state index contributed by atoms with van der Waals surface area (Å²) >= 11 is -1.26. The fourth-order valence-electron chi connectivity index (χ4n) is 3.13. The van der Waals surface area contributed by atoms with Crippen molar-refractivity contribution in [2.24, 2.45) is 0 Å². The number of hydrogen-bond acceptors (Lipinski definition) is 5. The van der Waals surface area contributed by atoms with Gasteiger partial charge >= 0.3 is 0 Å². The van der Waals surface area contributed by atoms with E-state index < -0.39 is 22.6 Å². The minimum absolute atomic E-state index is 0.0242. The van der Waals surface area contributed by atoms with Crippen LogP contribution in [0.25, 0.3) is 33.1 Å². The first-order valence-corrected chi connectivity index (χ1v) is 9.22. The van der Waals surface area contributed by atoms with Gasteiger partial charge in [0.2, 0.25) is 0 Å². The number of anilines is 1. The van der Waals surface area contributed by atoms with Gasteiger partial charge in [-0.1, -0.05) is 6.07 Å². The Bertz CT molecular complexity index is 1230. The maximum atomic E-state index is 14.0. The predicted molar refractivity (Wildman–Crippen MR) is 98.9 cm³/mol. The number of aromatic amines is 2. The molecule has 3 heterocycles. The van der Waals surface area contributed by atoms with Gasteiger partial charge in [-0.25, -0.2) is 9.37 Å². The van der Waals surface area contributed by atoms with E-state index in [4.69, 9.17) is 5.73 Å². The number of pyridine rings is 2. The highest BCUT2D eigenvalue weighted by molar-refractivity contribution is 7.90. The van der Waals surface area contributed by atoms with E-state index in [0.717, 1.165) is 0 Å². The average molecular weight is 371 g/mol. The average Bonchev–Trinajstić information content (AvgIpc) is 3.09. The zero-order valence-corrected chi connectivity index (χ0v) is 14.7. The van der Waals surface area contributed by atoms with Crippen molar-refractivity contribution in [3.63, 3.8) is 0 Å². The lowest BCUT2D eigenvalue weighted by Crippen LogP contribution is -2.15. The fraction of sp³-hybridized carbons (Fsp3) is 0.118. The molecule has 0 radical (unpaired) electrons. The summed E-state index contributed by atoms with van der Waals surface area (Å²) in [6.45, 7) is 1.76. The van der Waals surface area contributed by atoms with Crippen LogP contribution in [-0.4, -0.2) is 31.0 Å². The molecule has 0 fully saturated rings. The Hall–Kier alpha value is -2.91. The Balaban J connectivity index is 2.17. The molecular formula is C17H14FN5O2S. The number of rotatable bonds is 2. The van der Waals surface area contributed by atoms with E-state index in [1.165, 1.54) is 18.5 Å². The predicted octanol–water partition coefficient (Wildman–Crippen LogP) is 2.23. The van der Waals surface area contributed by atoms with Gasteiger partial charge in [0.05, 0.1) is 23.4 Å². The van der Waals surface area contributed by atoms with Gasteiger partial charge in [0, 0.05) is 16.5 Å². The van der Waals surface area contributed by atoms with E-state index in [0.29, 0.717) is 38.0 Å². The van der Waals surface area contributed by atoms with E-state index in [9.17, 15) is 13.7 Å². The molecule has 4 rings (SSSR count). The van der Waals surface area contributed by atoms with E-state index >= 15 is 0 Å². The number of fused-ring (bicyclic) bond motifs is 2. The highest BCUT2D eigenvalue weighted by Crippen LogP contribution is 2.36. The molecule has 0 spiro atoms. The molecule has 0 aliphatic rings. The van der Waals surface area contributed by atoms with E-state index in [-0.39, 0.29) is 11.2 Å². The number of nitrogen functional groups attached to an aromatic ring is 1. The summed E-state index contributed by atoms with van der Waals surface area (Å²) in [6, 6.07) is 2.82. The van der Waals surface area contributed by atoms with E-state index in [2.05, 4.69) is 20.2 Å². The number of nitrogens with zero attached hydrogens (tertiary/aromatic N) is 2. The summed E-state index contributed by atoms with van der Waals surface area (Å²) in [5.74, 6) is -0.457. The third kappa shape index (κ3) is 2.28. The number of nitrogens with two attached hydrogens (primary N) is 1. The van der Waals surface area contributed by atoms with Crippen LogP contribution in [0, 0.1) is 12.7 Å². The summed E-state index contributed by atoms with van der Waals surface area (Å²) in [7, 11) is 0. The van der Waals surface area contributed by atoms with Crippen molar-refractivity contribution in [3.05, 3.63) is 46.3 Å². The highest BCUT2D eigenvalue weighted by Gasteiger charge is 2.21. The van der Waals surface area contributed by atoms with Crippen molar-refractivity contribution < 1.29 is 8.94 Å². The number of aryl methyl sites for hydroxylation is 1. The lowest BCUT2D eigenvalue weighted by Gasteiger charge is -2.14. The molecule has 9 heteroatoms. The number of hydrogen-bond donors (Lipinski definition) is 3. The normalized spacial score (nSPS) is 12.8. The first kappa shape index (κ1) is 16.6. The lowest BCUT2D eigenvalue weighted by atomic mass is 9.98. The molecule has 0 amide bonds. The van der Waals surface area contributed by atoms with Crippen molar-refractivity contribution in [2.45, 2.75) is 11.8 Å². The Morgan fingerprint density at radius 1 is 1.27 bits per heavy atom. The molecule has 0 saturated heterocycles. The molecule has 0 aliphatic heterocycles. The van der Waals surface area contributed by atoms with Gasteiger partial charge in [0.1, 0.15) is 23.3 Å². The maximum absolute atomic E-state index is 14.0. The molecule has 0 bridgehead atoms. The molecule has 3 aromatic heterocycles. The second-order valence-corrected chi connectivity index (χ2v) is 7.27. The fourth-order valence-corrected chi connectivity index (χ4v) is 3.87. The second kappa shape index (κ2) is 5.82. The molecular weight excluding hydrogens is 357 g/mol. The summed E-state index contributed by atoms with van der Waals surface area (Å²) in [5, 5.41) is 6.98. The van der Waals surface area contributed by atoms with Gasteiger partial charge in [-0.05, 0) is 29.7 Å². The Morgan fingerprint density at radius 2 is 2.04 bits per heavy atom. The quantitative estimate of drug-likeness (QED) is 0.466.